The third kappa shape index (κ3) is 2.96. The van der Waals surface area contributed by atoms with Crippen LogP contribution in [0.4, 0.5) is 5.69 Å². The number of rotatable bonds is 3. The minimum absolute atomic E-state index is 0.0428. The number of nitrogens with one attached hydrogen (secondary N) is 1. The highest BCUT2D eigenvalue weighted by molar-refractivity contribution is 6.37. The maximum Gasteiger partial charge on any atom is 0.420 e. The molecule has 0 spiro atoms. The molecule has 7 nitrogen and oxygen atoms in total. The van der Waals surface area contributed by atoms with Crippen LogP contribution in [-0.2, 0) is 14.3 Å². The number of fused-ring (bicyclic) bond motifs is 1. The molecule has 0 saturated heterocycles. The molecule has 1 N–H and O–H groups in total. The summed E-state index contributed by atoms with van der Waals surface area (Å²) >= 11 is 0. The Morgan fingerprint density at radius 1 is 1.38 bits per heavy atom. The number of aromatic nitrogens is 1. The predicted octanol–water partition coefficient (Wildman–Crippen LogP) is 1.68. The van der Waals surface area contributed by atoms with Gasteiger partial charge in [0.15, 0.2) is 5.58 Å². The predicted molar refractivity (Wildman–Crippen MR) is 76.1 cm³/mol. The van der Waals surface area contributed by atoms with E-state index in [1.807, 2.05) is 13.8 Å². The summed E-state index contributed by atoms with van der Waals surface area (Å²) in [6, 6.07) is 4.69. The van der Waals surface area contributed by atoms with E-state index in [1.165, 1.54) is 10.6 Å². The first-order chi connectivity index (χ1) is 9.93. The van der Waals surface area contributed by atoms with Gasteiger partial charge in [-0.05, 0) is 32.9 Å². The van der Waals surface area contributed by atoms with Gasteiger partial charge in [0, 0.05) is 17.8 Å². The summed E-state index contributed by atoms with van der Waals surface area (Å²) in [5.74, 6) is -2.30. The van der Waals surface area contributed by atoms with Crippen molar-refractivity contribution in [2.24, 2.45) is 0 Å². The number of amides is 1. The van der Waals surface area contributed by atoms with E-state index < -0.39 is 17.6 Å². The zero-order valence-electron chi connectivity index (χ0n) is 12.0. The first kappa shape index (κ1) is 14.8. The second-order valence-electron chi connectivity index (χ2n) is 4.69. The van der Waals surface area contributed by atoms with Crippen molar-refractivity contribution in [1.82, 2.24) is 4.57 Å². The average molecular weight is 292 g/mol. The summed E-state index contributed by atoms with van der Waals surface area (Å²) < 4.78 is 11.2. The molecule has 1 aromatic heterocycles. The van der Waals surface area contributed by atoms with Gasteiger partial charge in [-0.3, -0.25) is 9.36 Å². The summed E-state index contributed by atoms with van der Waals surface area (Å²) in [7, 11) is 0. The molecule has 0 saturated carbocycles. The van der Waals surface area contributed by atoms with Crippen LogP contribution in [0, 0.1) is 0 Å². The zero-order chi connectivity index (χ0) is 15.6. The van der Waals surface area contributed by atoms with Crippen molar-refractivity contribution in [2.45, 2.75) is 26.8 Å². The third-order valence-corrected chi connectivity index (χ3v) is 2.85. The number of oxazole rings is 1. The fourth-order valence-electron chi connectivity index (χ4n) is 1.98. The van der Waals surface area contributed by atoms with Crippen molar-refractivity contribution in [3.05, 3.63) is 28.7 Å². The van der Waals surface area contributed by atoms with Crippen molar-refractivity contribution in [2.75, 3.05) is 11.9 Å². The molecule has 21 heavy (non-hydrogen) atoms. The van der Waals surface area contributed by atoms with E-state index >= 15 is 0 Å². The number of benzene rings is 1. The molecule has 0 atom stereocenters. The van der Waals surface area contributed by atoms with Crippen molar-refractivity contribution in [1.29, 1.82) is 0 Å². The monoisotopic (exact) mass is 292 g/mol. The van der Waals surface area contributed by atoms with Gasteiger partial charge in [-0.25, -0.2) is 9.59 Å². The molecule has 0 radical (unpaired) electrons. The third-order valence-electron chi connectivity index (χ3n) is 2.85. The minimum Gasteiger partial charge on any atom is -0.459 e. The zero-order valence-corrected chi connectivity index (χ0v) is 12.0. The van der Waals surface area contributed by atoms with Crippen LogP contribution >= 0.6 is 0 Å². The molecule has 1 heterocycles. The van der Waals surface area contributed by atoms with Gasteiger partial charge in [0.05, 0.1) is 12.1 Å². The number of carbonyl (C=O) groups is 2. The van der Waals surface area contributed by atoms with Crippen LogP contribution in [0.3, 0.4) is 0 Å². The Kier molecular flexibility index (Phi) is 4.11. The molecular formula is C14H16N2O5. The Balaban J connectivity index is 2.30. The molecule has 0 fully saturated rings. The molecule has 0 aliphatic carbocycles. The highest BCUT2D eigenvalue weighted by atomic mass is 16.5. The molecule has 0 aliphatic rings. The molecule has 2 rings (SSSR count). The van der Waals surface area contributed by atoms with E-state index in [9.17, 15) is 14.4 Å². The second kappa shape index (κ2) is 5.82. The SMILES string of the molecule is CCOC(=O)C(=O)Nc1ccc2c(c1)oc(=O)n2C(C)C. The van der Waals surface area contributed by atoms with Crippen LogP contribution in [0.5, 0.6) is 0 Å². The van der Waals surface area contributed by atoms with E-state index in [0.717, 1.165) is 0 Å². The summed E-state index contributed by atoms with van der Waals surface area (Å²) in [6.07, 6.45) is 0. The molecule has 7 heteroatoms. The van der Waals surface area contributed by atoms with Gasteiger partial charge in [0.1, 0.15) is 0 Å². The van der Waals surface area contributed by atoms with Gasteiger partial charge in [-0.15, -0.1) is 0 Å². The van der Waals surface area contributed by atoms with E-state index in [-0.39, 0.29) is 12.6 Å². The highest BCUT2D eigenvalue weighted by Crippen LogP contribution is 2.20. The number of esters is 1. The molecule has 112 valence electrons. The summed E-state index contributed by atoms with van der Waals surface area (Å²) in [6.45, 7) is 5.47. The van der Waals surface area contributed by atoms with Crippen LogP contribution in [0.25, 0.3) is 11.1 Å². The average Bonchev–Trinajstić information content (AvgIpc) is 2.74. The molecule has 0 aliphatic heterocycles. The lowest BCUT2D eigenvalue weighted by Gasteiger charge is -2.06. The standard InChI is InChI=1S/C14H16N2O5/c1-4-20-13(18)12(17)15-9-5-6-10-11(7-9)21-14(19)16(10)8(2)3/h5-8H,4H2,1-3H3,(H,15,17). The molecule has 1 amide bonds. The summed E-state index contributed by atoms with van der Waals surface area (Å²) in [5, 5.41) is 2.39. The van der Waals surface area contributed by atoms with Crippen LogP contribution in [0.15, 0.2) is 27.4 Å². The first-order valence-corrected chi connectivity index (χ1v) is 6.57. The van der Waals surface area contributed by atoms with Crippen LogP contribution in [-0.4, -0.2) is 23.1 Å². The van der Waals surface area contributed by atoms with E-state index in [4.69, 9.17) is 4.42 Å². The Hall–Kier alpha value is -2.57. The number of ether oxygens (including phenoxy) is 1. The van der Waals surface area contributed by atoms with Gasteiger partial charge in [-0.1, -0.05) is 0 Å². The molecule has 0 bridgehead atoms. The molecule has 0 unspecified atom stereocenters. The Bertz CT molecular complexity index is 741. The largest absolute Gasteiger partial charge is 0.459 e. The van der Waals surface area contributed by atoms with Crippen molar-refractivity contribution in [3.63, 3.8) is 0 Å². The van der Waals surface area contributed by atoms with Crippen LogP contribution < -0.4 is 11.1 Å². The van der Waals surface area contributed by atoms with Crippen molar-refractivity contribution >= 4 is 28.7 Å². The number of hydrogen-bond acceptors (Lipinski definition) is 5. The quantitative estimate of drug-likeness (QED) is 0.686. The maximum atomic E-state index is 11.7. The van der Waals surface area contributed by atoms with E-state index in [2.05, 4.69) is 10.1 Å². The highest BCUT2D eigenvalue weighted by Gasteiger charge is 2.16. The number of hydrogen-bond donors (Lipinski definition) is 1. The molecule has 2 aromatic rings. The smallest absolute Gasteiger partial charge is 0.420 e. The van der Waals surface area contributed by atoms with Crippen molar-refractivity contribution < 1.29 is 18.7 Å². The van der Waals surface area contributed by atoms with Gasteiger partial charge in [-0.2, -0.15) is 0 Å². The Morgan fingerprint density at radius 3 is 2.71 bits per heavy atom. The van der Waals surface area contributed by atoms with Crippen LogP contribution in [0.1, 0.15) is 26.8 Å². The first-order valence-electron chi connectivity index (χ1n) is 6.57. The fraction of sp³-hybridized carbons (Fsp3) is 0.357. The van der Waals surface area contributed by atoms with E-state index in [1.54, 1.807) is 19.1 Å². The lowest BCUT2D eigenvalue weighted by atomic mass is 10.2. The second-order valence-corrected chi connectivity index (χ2v) is 4.69. The van der Waals surface area contributed by atoms with Crippen molar-refractivity contribution in [3.8, 4) is 0 Å². The normalized spacial score (nSPS) is 10.9. The summed E-state index contributed by atoms with van der Waals surface area (Å²) in [4.78, 5) is 34.5. The lowest BCUT2D eigenvalue weighted by Crippen LogP contribution is -2.24. The van der Waals surface area contributed by atoms with E-state index in [0.29, 0.717) is 16.8 Å². The van der Waals surface area contributed by atoms with Gasteiger partial charge in [0.25, 0.3) is 0 Å². The minimum atomic E-state index is -0.959. The maximum absolute atomic E-state index is 11.7. The van der Waals surface area contributed by atoms with Gasteiger partial charge < -0.3 is 14.5 Å². The van der Waals surface area contributed by atoms with Crippen LogP contribution in [0.2, 0.25) is 0 Å². The lowest BCUT2D eigenvalue weighted by molar-refractivity contribution is -0.152. The molecule has 1 aromatic carbocycles. The molecular weight excluding hydrogens is 276 g/mol. The number of carbonyl (C=O) groups excluding carboxylic acids is 2. The topological polar surface area (TPSA) is 90.5 Å². The Labute approximate surface area is 120 Å². The van der Waals surface area contributed by atoms with Gasteiger partial charge in [0.2, 0.25) is 0 Å². The number of anilines is 1. The Morgan fingerprint density at radius 2 is 2.10 bits per heavy atom. The number of nitrogens with zero attached hydrogens (tertiary/aromatic N) is 1. The fourth-order valence-corrected chi connectivity index (χ4v) is 1.98. The van der Waals surface area contributed by atoms with Gasteiger partial charge >= 0.3 is 17.6 Å². The summed E-state index contributed by atoms with van der Waals surface area (Å²) in [5.41, 5.74) is 1.32.